The first kappa shape index (κ1) is 19.2. The second-order valence-electron chi connectivity index (χ2n) is 6.81. The van der Waals surface area contributed by atoms with Crippen molar-refractivity contribution in [1.82, 2.24) is 15.1 Å². The van der Waals surface area contributed by atoms with E-state index in [-0.39, 0.29) is 11.9 Å². The molecule has 0 aliphatic heterocycles. The average Bonchev–Trinajstić information content (AvgIpc) is 3.24. The number of carbonyl (C=O) groups excluding carboxylic acids is 1. The van der Waals surface area contributed by atoms with Gasteiger partial charge in [-0.1, -0.05) is 12.1 Å². The molecule has 6 heteroatoms. The van der Waals surface area contributed by atoms with Gasteiger partial charge in [0.15, 0.2) is 0 Å². The fourth-order valence-corrected chi connectivity index (χ4v) is 3.70. The van der Waals surface area contributed by atoms with E-state index < -0.39 is 0 Å². The maximum Gasteiger partial charge on any atom is 0.261 e. The Morgan fingerprint density at radius 3 is 2.81 bits per heavy atom. The Hall–Kier alpha value is -2.60. The van der Waals surface area contributed by atoms with Gasteiger partial charge in [-0.15, -0.1) is 11.3 Å². The van der Waals surface area contributed by atoms with Gasteiger partial charge in [-0.3, -0.25) is 9.48 Å². The maximum atomic E-state index is 12.6. The van der Waals surface area contributed by atoms with Crippen molar-refractivity contribution in [3.8, 4) is 5.75 Å². The summed E-state index contributed by atoms with van der Waals surface area (Å²) in [5.41, 5.74) is 5.43. The molecular weight excluding hydrogens is 358 g/mol. The number of hydrogen-bond donors (Lipinski definition) is 1. The molecule has 1 unspecified atom stereocenters. The van der Waals surface area contributed by atoms with Crippen LogP contribution in [0.3, 0.4) is 0 Å². The first-order valence-electron chi connectivity index (χ1n) is 8.92. The summed E-state index contributed by atoms with van der Waals surface area (Å²) < 4.78 is 7.74. The number of ether oxygens (including phenoxy) is 1. The quantitative estimate of drug-likeness (QED) is 0.683. The highest BCUT2D eigenvalue weighted by molar-refractivity contribution is 7.12. The predicted octanol–water partition coefficient (Wildman–Crippen LogP) is 4.48. The normalized spacial score (nSPS) is 12.0. The highest BCUT2D eigenvalue weighted by Crippen LogP contribution is 2.24. The zero-order valence-electron chi connectivity index (χ0n) is 16.4. The lowest BCUT2D eigenvalue weighted by Gasteiger charge is -2.13. The van der Waals surface area contributed by atoms with Gasteiger partial charge in [0, 0.05) is 23.9 Å². The standard InChI is InChI=1S/C21H25N3O2S/c1-13-7-6-8-19(14(13)2)26-11-17-9-20(27-12-17)21(25)23-15(3)18-10-22-24(5)16(18)4/h6-10,12,15H,11H2,1-5H3,(H,23,25). The van der Waals surface area contributed by atoms with Crippen LogP contribution in [0.25, 0.3) is 0 Å². The Morgan fingerprint density at radius 1 is 1.33 bits per heavy atom. The van der Waals surface area contributed by atoms with E-state index in [9.17, 15) is 4.79 Å². The highest BCUT2D eigenvalue weighted by atomic mass is 32.1. The molecule has 0 saturated carbocycles. The fraction of sp³-hybridized carbons (Fsp3) is 0.333. The van der Waals surface area contributed by atoms with Gasteiger partial charge in [0.25, 0.3) is 5.91 Å². The van der Waals surface area contributed by atoms with Gasteiger partial charge in [0.2, 0.25) is 0 Å². The van der Waals surface area contributed by atoms with Crippen molar-refractivity contribution >= 4 is 17.2 Å². The molecule has 0 aliphatic carbocycles. The van der Waals surface area contributed by atoms with Crippen LogP contribution in [-0.2, 0) is 13.7 Å². The third kappa shape index (κ3) is 4.22. The second-order valence-corrected chi connectivity index (χ2v) is 7.72. The highest BCUT2D eigenvalue weighted by Gasteiger charge is 2.17. The van der Waals surface area contributed by atoms with E-state index in [1.165, 1.54) is 16.9 Å². The molecule has 3 rings (SSSR count). The van der Waals surface area contributed by atoms with Crippen molar-refractivity contribution in [3.63, 3.8) is 0 Å². The summed E-state index contributed by atoms with van der Waals surface area (Å²) in [7, 11) is 1.90. The molecule has 0 aliphatic rings. The lowest BCUT2D eigenvalue weighted by Crippen LogP contribution is -2.26. The van der Waals surface area contributed by atoms with E-state index in [4.69, 9.17) is 4.74 Å². The zero-order chi connectivity index (χ0) is 19.6. The summed E-state index contributed by atoms with van der Waals surface area (Å²) in [6, 6.07) is 7.84. The number of aryl methyl sites for hydroxylation is 2. The van der Waals surface area contributed by atoms with Crippen molar-refractivity contribution in [2.24, 2.45) is 7.05 Å². The van der Waals surface area contributed by atoms with Crippen molar-refractivity contribution in [2.45, 2.75) is 40.3 Å². The minimum absolute atomic E-state index is 0.0752. The molecule has 142 valence electrons. The molecule has 0 fully saturated rings. The number of carbonyl (C=O) groups is 1. The van der Waals surface area contributed by atoms with Crippen LogP contribution < -0.4 is 10.1 Å². The molecule has 0 saturated heterocycles. The van der Waals surface area contributed by atoms with E-state index >= 15 is 0 Å². The Morgan fingerprint density at radius 2 is 2.11 bits per heavy atom. The van der Waals surface area contributed by atoms with Gasteiger partial charge >= 0.3 is 0 Å². The lowest BCUT2D eigenvalue weighted by atomic mass is 10.1. The summed E-state index contributed by atoms with van der Waals surface area (Å²) in [5, 5.41) is 9.26. The third-order valence-corrected chi connectivity index (χ3v) is 5.89. The largest absolute Gasteiger partial charge is 0.489 e. The monoisotopic (exact) mass is 383 g/mol. The summed E-state index contributed by atoms with van der Waals surface area (Å²) in [6.45, 7) is 8.55. The van der Waals surface area contributed by atoms with E-state index in [1.54, 1.807) is 6.20 Å². The van der Waals surface area contributed by atoms with Crippen molar-refractivity contribution in [3.05, 3.63) is 68.7 Å². The Balaban J connectivity index is 1.62. The smallest absolute Gasteiger partial charge is 0.261 e. The Bertz CT molecular complexity index is 958. The minimum atomic E-state index is -0.0945. The van der Waals surface area contributed by atoms with Gasteiger partial charge in [-0.25, -0.2) is 0 Å². The molecule has 0 bridgehead atoms. The molecule has 27 heavy (non-hydrogen) atoms. The Labute approximate surface area is 164 Å². The number of nitrogens with one attached hydrogen (secondary N) is 1. The number of benzene rings is 1. The molecule has 2 aromatic heterocycles. The Kier molecular flexibility index (Phi) is 5.65. The number of aromatic nitrogens is 2. The van der Waals surface area contributed by atoms with Gasteiger partial charge < -0.3 is 10.1 Å². The average molecular weight is 384 g/mol. The van der Waals surface area contributed by atoms with Gasteiger partial charge in [-0.05, 0) is 56.3 Å². The molecule has 0 spiro atoms. The second kappa shape index (κ2) is 7.96. The van der Waals surface area contributed by atoms with Gasteiger partial charge in [0.05, 0.1) is 17.1 Å². The fourth-order valence-electron chi connectivity index (χ4n) is 2.90. The molecule has 1 N–H and O–H groups in total. The van der Waals surface area contributed by atoms with Gasteiger partial charge in [-0.2, -0.15) is 5.10 Å². The van der Waals surface area contributed by atoms with E-state index in [1.807, 2.05) is 49.2 Å². The van der Waals surface area contributed by atoms with Crippen LogP contribution in [0.2, 0.25) is 0 Å². The van der Waals surface area contributed by atoms with Crippen LogP contribution in [0.4, 0.5) is 0 Å². The van der Waals surface area contributed by atoms with Crippen molar-refractivity contribution in [1.29, 1.82) is 0 Å². The number of thiophene rings is 1. The molecule has 2 heterocycles. The molecule has 0 radical (unpaired) electrons. The van der Waals surface area contributed by atoms with Crippen LogP contribution in [0, 0.1) is 20.8 Å². The SMILES string of the molecule is Cc1cccc(OCc2csc(C(=O)NC(C)c3cnn(C)c3C)c2)c1C. The number of hydrogen-bond acceptors (Lipinski definition) is 4. The van der Waals surface area contributed by atoms with Crippen LogP contribution in [0.15, 0.2) is 35.8 Å². The van der Waals surface area contributed by atoms with Crippen LogP contribution >= 0.6 is 11.3 Å². The summed E-state index contributed by atoms with van der Waals surface area (Å²) in [5.74, 6) is 0.807. The molecule has 5 nitrogen and oxygen atoms in total. The first-order chi connectivity index (χ1) is 12.9. The van der Waals surface area contributed by atoms with Crippen LogP contribution in [-0.4, -0.2) is 15.7 Å². The van der Waals surface area contributed by atoms with Crippen LogP contribution in [0.5, 0.6) is 5.75 Å². The first-order valence-corrected chi connectivity index (χ1v) is 9.80. The van der Waals surface area contributed by atoms with E-state index in [0.29, 0.717) is 11.5 Å². The summed E-state index contributed by atoms with van der Waals surface area (Å²) in [6.07, 6.45) is 1.80. The molecule has 3 aromatic rings. The molecule has 1 atom stereocenters. The number of amides is 1. The van der Waals surface area contributed by atoms with Crippen molar-refractivity contribution in [2.75, 3.05) is 0 Å². The summed E-state index contributed by atoms with van der Waals surface area (Å²) >= 11 is 1.43. The van der Waals surface area contributed by atoms with E-state index in [0.717, 1.165) is 28.1 Å². The molecule has 1 amide bonds. The number of nitrogens with zero attached hydrogens (tertiary/aromatic N) is 2. The van der Waals surface area contributed by atoms with E-state index in [2.05, 4.69) is 30.3 Å². The topological polar surface area (TPSA) is 56.1 Å². The third-order valence-electron chi connectivity index (χ3n) is 4.91. The zero-order valence-corrected chi connectivity index (χ0v) is 17.2. The maximum absolute atomic E-state index is 12.6. The summed E-state index contributed by atoms with van der Waals surface area (Å²) in [4.78, 5) is 13.2. The molecular formula is C21H25N3O2S. The van der Waals surface area contributed by atoms with Crippen LogP contribution in [0.1, 0.15) is 50.6 Å². The van der Waals surface area contributed by atoms with Crippen molar-refractivity contribution < 1.29 is 9.53 Å². The lowest BCUT2D eigenvalue weighted by molar-refractivity contribution is 0.0944. The number of rotatable bonds is 6. The molecule has 1 aromatic carbocycles. The predicted molar refractivity (Wildman–Crippen MR) is 108 cm³/mol. The van der Waals surface area contributed by atoms with Gasteiger partial charge in [0.1, 0.15) is 12.4 Å². The minimum Gasteiger partial charge on any atom is -0.489 e.